The Labute approximate surface area is 158 Å². The van der Waals surface area contributed by atoms with Crippen LogP contribution in [0.4, 0.5) is 0 Å². The van der Waals surface area contributed by atoms with E-state index < -0.39 is 17.2 Å². The first kappa shape index (κ1) is 17.7. The van der Waals surface area contributed by atoms with Gasteiger partial charge in [0.1, 0.15) is 0 Å². The summed E-state index contributed by atoms with van der Waals surface area (Å²) in [5.41, 5.74) is 1.13. The molecule has 0 spiro atoms. The molecule has 3 heterocycles. The first-order chi connectivity index (χ1) is 13.5. The van der Waals surface area contributed by atoms with Gasteiger partial charge in [-0.05, 0) is 24.6 Å². The number of aryl methyl sites for hydroxylation is 1. The van der Waals surface area contributed by atoms with Crippen molar-refractivity contribution in [2.45, 2.75) is 12.8 Å². The lowest BCUT2D eigenvalue weighted by Gasteiger charge is -2.25. The van der Waals surface area contributed by atoms with E-state index in [1.165, 1.54) is 21.3 Å². The van der Waals surface area contributed by atoms with Crippen LogP contribution in [0.1, 0.15) is 28.3 Å². The maximum Gasteiger partial charge on any atom is 0.328 e. The minimum absolute atomic E-state index is 0.0477. The number of aromatic amines is 3. The van der Waals surface area contributed by atoms with Crippen molar-refractivity contribution in [1.82, 2.24) is 20.2 Å². The lowest BCUT2D eigenvalue weighted by molar-refractivity contribution is 0.323. The molecule has 0 amide bonds. The van der Waals surface area contributed by atoms with Crippen LogP contribution in [0.3, 0.4) is 0 Å². The van der Waals surface area contributed by atoms with Crippen LogP contribution in [0.15, 0.2) is 21.7 Å². The van der Waals surface area contributed by atoms with Gasteiger partial charge in [-0.1, -0.05) is 0 Å². The SMILES string of the molecule is COc1cc(C2c3c(n[nH]c3C)Oc3[nH]c(=O)[nH]c(=O)c32)cc(OC)c1OC. The predicted octanol–water partition coefficient (Wildman–Crippen LogP) is 1.41. The monoisotopic (exact) mass is 386 g/mol. The molecule has 146 valence electrons. The van der Waals surface area contributed by atoms with Crippen LogP contribution in [0, 0.1) is 6.92 Å². The van der Waals surface area contributed by atoms with E-state index in [1.54, 1.807) is 12.1 Å². The van der Waals surface area contributed by atoms with Crippen LogP contribution in [0.2, 0.25) is 0 Å². The molecule has 2 aromatic heterocycles. The zero-order valence-corrected chi connectivity index (χ0v) is 15.6. The van der Waals surface area contributed by atoms with Gasteiger partial charge < -0.3 is 18.9 Å². The number of rotatable bonds is 4. The van der Waals surface area contributed by atoms with Crippen LogP contribution in [-0.2, 0) is 0 Å². The molecule has 10 heteroatoms. The Morgan fingerprint density at radius 3 is 2.29 bits per heavy atom. The predicted molar refractivity (Wildman–Crippen MR) is 98.1 cm³/mol. The molecule has 4 rings (SSSR count). The number of benzene rings is 1. The van der Waals surface area contributed by atoms with Gasteiger partial charge in [-0.25, -0.2) is 4.79 Å². The molecule has 0 radical (unpaired) electrons. The number of hydrogen-bond acceptors (Lipinski definition) is 7. The van der Waals surface area contributed by atoms with Gasteiger partial charge in [0.25, 0.3) is 5.56 Å². The van der Waals surface area contributed by atoms with Gasteiger partial charge in [0.15, 0.2) is 11.5 Å². The molecular formula is C18H18N4O6. The molecule has 1 aliphatic rings. The van der Waals surface area contributed by atoms with Crippen molar-refractivity contribution in [2.75, 3.05) is 21.3 Å². The zero-order valence-electron chi connectivity index (χ0n) is 15.6. The fourth-order valence-electron chi connectivity index (χ4n) is 3.49. The fraction of sp³-hybridized carbons (Fsp3) is 0.278. The Morgan fingerprint density at radius 2 is 1.68 bits per heavy atom. The number of H-pyrrole nitrogens is 3. The number of hydrogen-bond donors (Lipinski definition) is 3. The first-order valence-electron chi connectivity index (χ1n) is 8.37. The molecule has 1 atom stereocenters. The van der Waals surface area contributed by atoms with Crippen molar-refractivity contribution >= 4 is 0 Å². The highest BCUT2D eigenvalue weighted by Crippen LogP contribution is 2.48. The number of aromatic nitrogens is 4. The summed E-state index contributed by atoms with van der Waals surface area (Å²) in [5, 5.41) is 7.00. The van der Waals surface area contributed by atoms with Gasteiger partial charge >= 0.3 is 5.69 Å². The van der Waals surface area contributed by atoms with E-state index in [0.29, 0.717) is 28.4 Å². The third kappa shape index (κ3) is 2.53. The van der Waals surface area contributed by atoms with Crippen LogP contribution in [0.25, 0.3) is 0 Å². The van der Waals surface area contributed by atoms with Crippen molar-refractivity contribution < 1.29 is 18.9 Å². The Hall–Kier alpha value is -3.69. The summed E-state index contributed by atoms with van der Waals surface area (Å²) in [5.74, 6) is 1.06. The van der Waals surface area contributed by atoms with Crippen LogP contribution in [0.5, 0.6) is 29.0 Å². The normalized spacial score (nSPS) is 14.6. The minimum Gasteiger partial charge on any atom is -0.493 e. The van der Waals surface area contributed by atoms with Crippen molar-refractivity contribution in [2.24, 2.45) is 0 Å². The number of nitrogens with zero attached hydrogens (tertiary/aromatic N) is 1. The van der Waals surface area contributed by atoms with Crippen molar-refractivity contribution in [3.8, 4) is 29.0 Å². The highest BCUT2D eigenvalue weighted by molar-refractivity contribution is 5.61. The summed E-state index contributed by atoms with van der Waals surface area (Å²) in [7, 11) is 4.53. The van der Waals surface area contributed by atoms with Gasteiger partial charge in [0.05, 0.1) is 32.8 Å². The van der Waals surface area contributed by atoms with E-state index in [1.807, 2.05) is 6.92 Å². The summed E-state index contributed by atoms with van der Waals surface area (Å²) in [6.45, 7) is 1.82. The standard InChI is InChI=1S/C18H18N4O6/c1-7-11-12(8-5-9(25-2)14(27-4)10(6-8)26-3)13-15(23)19-18(24)20-16(13)28-17(11)22-21-7/h5-6,12H,1-4H3,(H,21,22)(H2,19,20,23,24). The number of ether oxygens (including phenoxy) is 4. The molecule has 1 aromatic carbocycles. The average Bonchev–Trinajstić information content (AvgIpc) is 3.05. The molecule has 10 nitrogen and oxygen atoms in total. The summed E-state index contributed by atoms with van der Waals surface area (Å²) >= 11 is 0. The largest absolute Gasteiger partial charge is 0.493 e. The zero-order chi connectivity index (χ0) is 20.0. The van der Waals surface area contributed by atoms with Gasteiger partial charge in [-0.15, -0.1) is 5.10 Å². The molecular weight excluding hydrogens is 368 g/mol. The molecule has 0 bridgehead atoms. The maximum absolute atomic E-state index is 12.7. The third-order valence-corrected chi connectivity index (χ3v) is 4.70. The van der Waals surface area contributed by atoms with Gasteiger partial charge in [-0.2, -0.15) is 0 Å². The van der Waals surface area contributed by atoms with Crippen LogP contribution in [-0.4, -0.2) is 41.5 Å². The van der Waals surface area contributed by atoms with Gasteiger partial charge in [0, 0.05) is 11.3 Å². The van der Waals surface area contributed by atoms with Gasteiger partial charge in [-0.3, -0.25) is 19.9 Å². The highest BCUT2D eigenvalue weighted by atomic mass is 16.5. The molecule has 0 saturated carbocycles. The highest BCUT2D eigenvalue weighted by Gasteiger charge is 2.36. The van der Waals surface area contributed by atoms with E-state index >= 15 is 0 Å². The lowest BCUT2D eigenvalue weighted by atomic mass is 9.84. The van der Waals surface area contributed by atoms with E-state index in [9.17, 15) is 9.59 Å². The van der Waals surface area contributed by atoms with E-state index in [2.05, 4.69) is 20.2 Å². The molecule has 1 unspecified atom stereocenters. The first-order valence-corrected chi connectivity index (χ1v) is 8.37. The van der Waals surface area contributed by atoms with E-state index in [4.69, 9.17) is 18.9 Å². The second-order valence-electron chi connectivity index (χ2n) is 6.21. The molecule has 3 aromatic rings. The van der Waals surface area contributed by atoms with E-state index in [0.717, 1.165) is 5.69 Å². The second-order valence-corrected chi connectivity index (χ2v) is 6.21. The van der Waals surface area contributed by atoms with Crippen molar-refractivity contribution in [3.05, 3.63) is 55.4 Å². The van der Waals surface area contributed by atoms with Crippen LogP contribution >= 0.6 is 0 Å². The van der Waals surface area contributed by atoms with Gasteiger partial charge in [0.2, 0.25) is 17.5 Å². The maximum atomic E-state index is 12.7. The quantitative estimate of drug-likeness (QED) is 0.483. The molecule has 0 saturated heterocycles. The average molecular weight is 386 g/mol. The van der Waals surface area contributed by atoms with Crippen molar-refractivity contribution in [1.29, 1.82) is 0 Å². The Bertz CT molecular complexity index is 1150. The topological polar surface area (TPSA) is 131 Å². The fourth-order valence-corrected chi connectivity index (χ4v) is 3.49. The smallest absolute Gasteiger partial charge is 0.328 e. The molecule has 28 heavy (non-hydrogen) atoms. The lowest BCUT2D eigenvalue weighted by Crippen LogP contribution is -2.30. The molecule has 1 aliphatic heterocycles. The number of methoxy groups -OCH3 is 3. The Morgan fingerprint density at radius 1 is 1.00 bits per heavy atom. The summed E-state index contributed by atoms with van der Waals surface area (Å²) in [4.78, 5) is 29.2. The summed E-state index contributed by atoms with van der Waals surface area (Å²) < 4.78 is 21.9. The van der Waals surface area contributed by atoms with Crippen molar-refractivity contribution in [3.63, 3.8) is 0 Å². The molecule has 3 N–H and O–H groups in total. The summed E-state index contributed by atoms with van der Waals surface area (Å²) in [6, 6.07) is 3.50. The molecule has 0 aliphatic carbocycles. The molecule has 0 fully saturated rings. The third-order valence-electron chi connectivity index (χ3n) is 4.70. The summed E-state index contributed by atoms with van der Waals surface area (Å²) in [6.07, 6.45) is 0. The second kappa shape index (κ2) is 6.48. The number of nitrogens with one attached hydrogen (secondary N) is 3. The minimum atomic E-state index is -0.664. The van der Waals surface area contributed by atoms with E-state index in [-0.39, 0.29) is 17.3 Å². The van der Waals surface area contributed by atoms with Crippen LogP contribution < -0.4 is 30.2 Å². The Balaban J connectivity index is 2.05. The number of fused-ring (bicyclic) bond motifs is 2. The Kier molecular flexibility index (Phi) is 4.10.